The number of amides is 1. The molecule has 3 nitrogen and oxygen atoms in total. The number of hydrogen-bond acceptors (Lipinski definition) is 2. The van der Waals surface area contributed by atoms with Crippen LogP contribution < -0.4 is 5.32 Å². The van der Waals surface area contributed by atoms with Crippen molar-refractivity contribution in [1.82, 2.24) is 4.90 Å². The molecule has 0 aliphatic heterocycles. The van der Waals surface area contributed by atoms with Gasteiger partial charge in [-0.1, -0.05) is 48.5 Å². The van der Waals surface area contributed by atoms with E-state index in [0.29, 0.717) is 12.6 Å². The summed E-state index contributed by atoms with van der Waals surface area (Å²) in [5.74, 6) is 0.0743. The van der Waals surface area contributed by atoms with Gasteiger partial charge in [-0.05, 0) is 43.4 Å². The van der Waals surface area contributed by atoms with Gasteiger partial charge in [0.2, 0.25) is 5.91 Å². The van der Waals surface area contributed by atoms with E-state index >= 15 is 0 Å². The summed E-state index contributed by atoms with van der Waals surface area (Å²) in [6.07, 6.45) is 2.40. The predicted octanol–water partition coefficient (Wildman–Crippen LogP) is 3.91. The van der Waals surface area contributed by atoms with Crippen LogP contribution in [0.25, 0.3) is 0 Å². The number of carbonyl (C=O) groups is 1. The molecule has 120 valence electrons. The molecule has 0 radical (unpaired) electrons. The molecule has 3 heteroatoms. The Kier molecular flexibility index (Phi) is 4.77. The van der Waals surface area contributed by atoms with Crippen LogP contribution in [-0.2, 0) is 11.3 Å². The molecule has 1 aliphatic carbocycles. The van der Waals surface area contributed by atoms with Crippen molar-refractivity contribution >= 4 is 11.6 Å². The fraction of sp³-hybridized carbons (Fsp3) is 0.350. The molecule has 0 saturated heterocycles. The number of benzene rings is 2. The van der Waals surface area contributed by atoms with Crippen molar-refractivity contribution in [3.05, 3.63) is 65.2 Å². The SMILES string of the molecule is Cc1cccc(C)c1NC(=O)CN(Cc1ccccc1)C1CC1. The van der Waals surface area contributed by atoms with Gasteiger partial charge in [0.25, 0.3) is 0 Å². The maximum absolute atomic E-state index is 12.5. The van der Waals surface area contributed by atoms with Crippen molar-refractivity contribution in [2.75, 3.05) is 11.9 Å². The zero-order valence-electron chi connectivity index (χ0n) is 13.9. The van der Waals surface area contributed by atoms with Crippen LogP contribution in [0.15, 0.2) is 48.5 Å². The second-order valence-electron chi connectivity index (χ2n) is 6.44. The summed E-state index contributed by atoms with van der Waals surface area (Å²) in [4.78, 5) is 14.8. The summed E-state index contributed by atoms with van der Waals surface area (Å²) in [7, 11) is 0. The second kappa shape index (κ2) is 6.97. The Hall–Kier alpha value is -2.13. The van der Waals surface area contributed by atoms with Gasteiger partial charge in [0.05, 0.1) is 6.54 Å². The van der Waals surface area contributed by atoms with Gasteiger partial charge in [-0.2, -0.15) is 0 Å². The van der Waals surface area contributed by atoms with E-state index in [1.165, 1.54) is 18.4 Å². The van der Waals surface area contributed by atoms with Crippen molar-refractivity contribution in [2.24, 2.45) is 0 Å². The number of nitrogens with one attached hydrogen (secondary N) is 1. The average Bonchev–Trinajstić information content (AvgIpc) is 3.36. The number of aryl methyl sites for hydroxylation is 2. The minimum atomic E-state index is 0.0743. The van der Waals surface area contributed by atoms with Gasteiger partial charge in [0.15, 0.2) is 0 Å². The van der Waals surface area contributed by atoms with Gasteiger partial charge in [0, 0.05) is 18.3 Å². The van der Waals surface area contributed by atoms with Gasteiger partial charge in [-0.15, -0.1) is 0 Å². The number of hydrogen-bond donors (Lipinski definition) is 1. The monoisotopic (exact) mass is 308 g/mol. The predicted molar refractivity (Wildman–Crippen MR) is 94.4 cm³/mol. The standard InChI is InChI=1S/C20H24N2O/c1-15-7-6-8-16(2)20(15)21-19(23)14-22(18-11-12-18)13-17-9-4-3-5-10-17/h3-10,18H,11-14H2,1-2H3,(H,21,23). The summed E-state index contributed by atoms with van der Waals surface area (Å²) in [6, 6.07) is 17.0. The van der Waals surface area contributed by atoms with Crippen LogP contribution >= 0.6 is 0 Å². The highest BCUT2D eigenvalue weighted by atomic mass is 16.2. The van der Waals surface area contributed by atoms with E-state index in [4.69, 9.17) is 0 Å². The van der Waals surface area contributed by atoms with E-state index in [0.717, 1.165) is 23.4 Å². The Morgan fingerprint density at radius 1 is 1.04 bits per heavy atom. The largest absolute Gasteiger partial charge is 0.324 e. The lowest BCUT2D eigenvalue weighted by Gasteiger charge is -2.22. The van der Waals surface area contributed by atoms with Crippen LogP contribution in [0.4, 0.5) is 5.69 Å². The van der Waals surface area contributed by atoms with Crippen molar-refractivity contribution in [1.29, 1.82) is 0 Å². The molecule has 0 aromatic heterocycles. The van der Waals surface area contributed by atoms with Gasteiger partial charge >= 0.3 is 0 Å². The quantitative estimate of drug-likeness (QED) is 0.877. The maximum Gasteiger partial charge on any atom is 0.238 e. The van der Waals surface area contributed by atoms with Gasteiger partial charge in [0.1, 0.15) is 0 Å². The summed E-state index contributed by atoms with van der Waals surface area (Å²) >= 11 is 0. The molecular formula is C20H24N2O. The first kappa shape index (κ1) is 15.8. The van der Waals surface area contributed by atoms with Crippen LogP contribution in [-0.4, -0.2) is 23.4 Å². The van der Waals surface area contributed by atoms with E-state index in [1.807, 2.05) is 38.1 Å². The lowest BCUT2D eigenvalue weighted by atomic mass is 10.1. The molecule has 1 amide bonds. The molecule has 2 aromatic rings. The van der Waals surface area contributed by atoms with Gasteiger partial charge < -0.3 is 5.32 Å². The second-order valence-corrected chi connectivity index (χ2v) is 6.44. The van der Waals surface area contributed by atoms with Crippen molar-refractivity contribution in [2.45, 2.75) is 39.3 Å². The topological polar surface area (TPSA) is 32.3 Å². The van der Waals surface area contributed by atoms with Crippen LogP contribution in [0, 0.1) is 13.8 Å². The lowest BCUT2D eigenvalue weighted by Crippen LogP contribution is -2.34. The lowest BCUT2D eigenvalue weighted by molar-refractivity contribution is -0.117. The minimum absolute atomic E-state index is 0.0743. The fourth-order valence-electron chi connectivity index (χ4n) is 2.95. The molecule has 0 spiro atoms. The third-order valence-corrected chi connectivity index (χ3v) is 4.38. The zero-order valence-corrected chi connectivity index (χ0v) is 13.9. The zero-order chi connectivity index (χ0) is 16.2. The first-order valence-electron chi connectivity index (χ1n) is 8.27. The highest BCUT2D eigenvalue weighted by molar-refractivity contribution is 5.93. The van der Waals surface area contributed by atoms with Crippen molar-refractivity contribution < 1.29 is 4.79 Å². The molecule has 0 atom stereocenters. The Bertz CT molecular complexity index is 657. The number of carbonyl (C=O) groups excluding carboxylic acids is 1. The Morgan fingerprint density at radius 3 is 2.30 bits per heavy atom. The van der Waals surface area contributed by atoms with Crippen LogP contribution in [0.1, 0.15) is 29.5 Å². The highest BCUT2D eigenvalue weighted by Crippen LogP contribution is 2.28. The summed E-state index contributed by atoms with van der Waals surface area (Å²) < 4.78 is 0. The Labute approximate surface area is 138 Å². The normalized spacial score (nSPS) is 14.0. The third kappa shape index (κ3) is 4.20. The van der Waals surface area contributed by atoms with Crippen LogP contribution in [0.5, 0.6) is 0 Å². The number of rotatable bonds is 6. The van der Waals surface area contributed by atoms with Crippen molar-refractivity contribution in [3.63, 3.8) is 0 Å². The third-order valence-electron chi connectivity index (χ3n) is 4.38. The molecule has 1 N–H and O–H groups in total. The molecular weight excluding hydrogens is 284 g/mol. The Morgan fingerprint density at radius 2 is 1.70 bits per heavy atom. The molecule has 23 heavy (non-hydrogen) atoms. The first-order chi connectivity index (χ1) is 11.1. The summed E-state index contributed by atoms with van der Waals surface area (Å²) in [5.41, 5.74) is 4.44. The van der Waals surface area contributed by atoms with Crippen LogP contribution in [0.2, 0.25) is 0 Å². The molecule has 2 aromatic carbocycles. The molecule has 1 fully saturated rings. The van der Waals surface area contributed by atoms with E-state index in [9.17, 15) is 4.79 Å². The molecule has 0 unspecified atom stereocenters. The van der Waals surface area contributed by atoms with E-state index in [2.05, 4.69) is 34.5 Å². The molecule has 3 rings (SSSR count). The van der Waals surface area contributed by atoms with E-state index < -0.39 is 0 Å². The highest BCUT2D eigenvalue weighted by Gasteiger charge is 2.30. The number of anilines is 1. The van der Waals surface area contributed by atoms with Crippen molar-refractivity contribution in [3.8, 4) is 0 Å². The molecule has 0 bridgehead atoms. The van der Waals surface area contributed by atoms with Gasteiger partial charge in [-0.3, -0.25) is 9.69 Å². The first-order valence-corrected chi connectivity index (χ1v) is 8.27. The van der Waals surface area contributed by atoms with Gasteiger partial charge in [-0.25, -0.2) is 0 Å². The number of para-hydroxylation sites is 1. The average molecular weight is 308 g/mol. The molecule has 0 heterocycles. The van der Waals surface area contributed by atoms with E-state index in [-0.39, 0.29) is 5.91 Å². The minimum Gasteiger partial charge on any atom is -0.324 e. The summed E-state index contributed by atoms with van der Waals surface area (Å²) in [6.45, 7) is 5.36. The molecule has 1 aliphatic rings. The fourth-order valence-corrected chi connectivity index (χ4v) is 2.95. The summed E-state index contributed by atoms with van der Waals surface area (Å²) in [5, 5.41) is 3.10. The van der Waals surface area contributed by atoms with E-state index in [1.54, 1.807) is 0 Å². The Balaban J connectivity index is 1.65. The maximum atomic E-state index is 12.5. The van der Waals surface area contributed by atoms with Crippen LogP contribution in [0.3, 0.4) is 0 Å². The number of nitrogens with zero attached hydrogens (tertiary/aromatic N) is 1. The smallest absolute Gasteiger partial charge is 0.238 e. The molecule has 1 saturated carbocycles.